The molecule has 1 rings (SSSR count). The van der Waals surface area contributed by atoms with E-state index in [0.717, 1.165) is 12.8 Å². The van der Waals surface area contributed by atoms with Crippen molar-refractivity contribution in [2.75, 3.05) is 6.61 Å². The lowest BCUT2D eigenvalue weighted by Gasteiger charge is -2.12. The molecular weight excluding hydrogens is 207 g/mol. The summed E-state index contributed by atoms with van der Waals surface area (Å²) in [7, 11) is 0. The van der Waals surface area contributed by atoms with E-state index >= 15 is 0 Å². The van der Waals surface area contributed by atoms with E-state index in [-0.39, 0.29) is 0 Å². The second-order valence-electron chi connectivity index (χ2n) is 3.49. The predicted molar refractivity (Wildman–Crippen MR) is 59.3 cm³/mol. The molecule has 1 aromatic rings. The van der Waals surface area contributed by atoms with Crippen LogP contribution in [0.4, 0.5) is 4.39 Å². The van der Waals surface area contributed by atoms with Gasteiger partial charge in [-0.25, -0.2) is 4.39 Å². The summed E-state index contributed by atoms with van der Waals surface area (Å²) in [5, 5.41) is 8.72. The SMILES string of the molecule is CCCCOc1ccc(F)cc1C(N)C#N. The molecule has 4 heteroatoms. The third-order valence-electron chi connectivity index (χ3n) is 2.20. The van der Waals surface area contributed by atoms with Crippen LogP contribution in [0.25, 0.3) is 0 Å². The van der Waals surface area contributed by atoms with Crippen molar-refractivity contribution in [3.63, 3.8) is 0 Å². The summed E-state index contributed by atoms with van der Waals surface area (Å²) >= 11 is 0. The number of nitrogens with zero attached hydrogens (tertiary/aromatic N) is 1. The average Bonchev–Trinajstić information content (AvgIpc) is 2.30. The maximum Gasteiger partial charge on any atom is 0.125 e. The summed E-state index contributed by atoms with van der Waals surface area (Å²) < 4.78 is 18.5. The highest BCUT2D eigenvalue weighted by Gasteiger charge is 2.12. The number of benzene rings is 1. The van der Waals surface area contributed by atoms with Crippen LogP contribution in [0.15, 0.2) is 18.2 Å². The standard InChI is InChI=1S/C12H15FN2O/c1-2-3-6-16-12-5-4-9(13)7-10(12)11(15)8-14/h4-5,7,11H,2-3,6,15H2,1H3. The minimum atomic E-state index is -0.854. The fourth-order valence-electron chi connectivity index (χ4n) is 1.29. The van der Waals surface area contributed by atoms with Gasteiger partial charge >= 0.3 is 0 Å². The van der Waals surface area contributed by atoms with Crippen molar-refractivity contribution in [2.45, 2.75) is 25.8 Å². The number of rotatable bonds is 5. The van der Waals surface area contributed by atoms with Crippen LogP contribution in [-0.2, 0) is 0 Å². The smallest absolute Gasteiger partial charge is 0.125 e. The monoisotopic (exact) mass is 222 g/mol. The van der Waals surface area contributed by atoms with Gasteiger partial charge in [-0.05, 0) is 24.6 Å². The van der Waals surface area contributed by atoms with Crippen molar-refractivity contribution in [3.05, 3.63) is 29.6 Å². The summed E-state index contributed by atoms with van der Waals surface area (Å²) in [5.74, 6) is 0.0763. The minimum Gasteiger partial charge on any atom is -0.493 e. The fourth-order valence-corrected chi connectivity index (χ4v) is 1.29. The van der Waals surface area contributed by atoms with Crippen molar-refractivity contribution >= 4 is 0 Å². The van der Waals surface area contributed by atoms with Gasteiger partial charge in [0.15, 0.2) is 0 Å². The highest BCUT2D eigenvalue weighted by molar-refractivity contribution is 5.38. The molecule has 0 saturated carbocycles. The van der Waals surface area contributed by atoms with E-state index in [2.05, 4.69) is 6.92 Å². The lowest BCUT2D eigenvalue weighted by atomic mass is 10.1. The average molecular weight is 222 g/mol. The molecule has 1 aromatic carbocycles. The number of nitrogens with two attached hydrogens (primary N) is 1. The van der Waals surface area contributed by atoms with Crippen LogP contribution in [0.1, 0.15) is 31.4 Å². The van der Waals surface area contributed by atoms with Gasteiger partial charge in [-0.1, -0.05) is 13.3 Å². The van der Waals surface area contributed by atoms with Crippen molar-refractivity contribution in [1.29, 1.82) is 5.26 Å². The number of ether oxygens (including phenoxy) is 1. The Morgan fingerprint density at radius 3 is 2.94 bits per heavy atom. The maximum atomic E-state index is 13.0. The van der Waals surface area contributed by atoms with Gasteiger partial charge in [0.25, 0.3) is 0 Å². The predicted octanol–water partition coefficient (Wildman–Crippen LogP) is 2.53. The minimum absolute atomic E-state index is 0.401. The zero-order chi connectivity index (χ0) is 12.0. The normalized spacial score (nSPS) is 11.9. The fraction of sp³-hybridized carbons (Fsp3) is 0.417. The van der Waals surface area contributed by atoms with E-state index in [9.17, 15) is 4.39 Å². The number of unbranched alkanes of at least 4 members (excludes halogenated alkanes) is 1. The van der Waals surface area contributed by atoms with Crippen molar-refractivity contribution in [2.24, 2.45) is 5.73 Å². The lowest BCUT2D eigenvalue weighted by Crippen LogP contribution is -2.10. The van der Waals surface area contributed by atoms with Crippen molar-refractivity contribution in [3.8, 4) is 11.8 Å². The van der Waals surface area contributed by atoms with Crippen molar-refractivity contribution < 1.29 is 9.13 Å². The molecule has 0 amide bonds. The van der Waals surface area contributed by atoms with E-state index in [0.29, 0.717) is 17.9 Å². The lowest BCUT2D eigenvalue weighted by molar-refractivity contribution is 0.305. The maximum absolute atomic E-state index is 13.0. The Morgan fingerprint density at radius 1 is 1.56 bits per heavy atom. The summed E-state index contributed by atoms with van der Waals surface area (Å²) in [6, 6.07) is 5.07. The molecule has 0 aliphatic carbocycles. The van der Waals surface area contributed by atoms with E-state index in [1.54, 1.807) is 0 Å². The number of halogens is 1. The van der Waals surface area contributed by atoms with E-state index in [1.807, 2.05) is 6.07 Å². The van der Waals surface area contributed by atoms with Crippen LogP contribution >= 0.6 is 0 Å². The van der Waals surface area contributed by atoms with Gasteiger partial charge in [-0.2, -0.15) is 5.26 Å². The van der Waals surface area contributed by atoms with Crippen LogP contribution in [0, 0.1) is 17.1 Å². The van der Waals surface area contributed by atoms with E-state index in [1.165, 1.54) is 18.2 Å². The Labute approximate surface area is 94.6 Å². The Bertz CT molecular complexity index is 387. The molecule has 0 aromatic heterocycles. The molecule has 86 valence electrons. The highest BCUT2D eigenvalue weighted by Crippen LogP contribution is 2.24. The molecule has 0 bridgehead atoms. The molecule has 0 radical (unpaired) electrons. The van der Waals surface area contributed by atoms with Gasteiger partial charge in [0.05, 0.1) is 12.7 Å². The first kappa shape index (κ1) is 12.5. The second-order valence-corrected chi connectivity index (χ2v) is 3.49. The van der Waals surface area contributed by atoms with E-state index in [4.69, 9.17) is 15.7 Å². The number of hydrogen-bond donors (Lipinski definition) is 1. The summed E-state index contributed by atoms with van der Waals surface area (Å²) in [6.45, 7) is 2.60. The number of hydrogen-bond acceptors (Lipinski definition) is 3. The van der Waals surface area contributed by atoms with Crippen LogP contribution in [0.2, 0.25) is 0 Å². The molecule has 0 aliphatic rings. The molecule has 0 fully saturated rings. The zero-order valence-electron chi connectivity index (χ0n) is 9.24. The largest absolute Gasteiger partial charge is 0.493 e. The second kappa shape index (κ2) is 6.09. The zero-order valence-corrected chi connectivity index (χ0v) is 9.24. The molecule has 3 nitrogen and oxygen atoms in total. The summed E-state index contributed by atoms with van der Waals surface area (Å²) in [6.07, 6.45) is 1.93. The molecule has 1 atom stereocenters. The van der Waals surface area contributed by atoms with Crippen LogP contribution in [0.5, 0.6) is 5.75 Å². The van der Waals surface area contributed by atoms with Gasteiger partial charge in [0.1, 0.15) is 17.6 Å². The van der Waals surface area contributed by atoms with Gasteiger partial charge in [0.2, 0.25) is 0 Å². The number of nitriles is 1. The molecule has 0 saturated heterocycles. The third kappa shape index (κ3) is 3.21. The van der Waals surface area contributed by atoms with Crippen LogP contribution in [0.3, 0.4) is 0 Å². The first-order chi connectivity index (χ1) is 7.69. The van der Waals surface area contributed by atoms with Gasteiger partial charge in [-0.3, -0.25) is 0 Å². The Balaban J connectivity index is 2.86. The van der Waals surface area contributed by atoms with Gasteiger partial charge in [0, 0.05) is 5.56 Å². The first-order valence-corrected chi connectivity index (χ1v) is 5.26. The molecule has 1 unspecified atom stereocenters. The molecule has 0 heterocycles. The molecule has 2 N–H and O–H groups in total. The molecule has 0 aliphatic heterocycles. The topological polar surface area (TPSA) is 59.0 Å². The van der Waals surface area contributed by atoms with Gasteiger partial charge in [-0.15, -0.1) is 0 Å². The van der Waals surface area contributed by atoms with Crippen molar-refractivity contribution in [1.82, 2.24) is 0 Å². The summed E-state index contributed by atoms with van der Waals surface area (Å²) in [4.78, 5) is 0. The molecule has 0 spiro atoms. The van der Waals surface area contributed by atoms with Crippen LogP contribution < -0.4 is 10.5 Å². The quantitative estimate of drug-likeness (QED) is 0.779. The first-order valence-electron chi connectivity index (χ1n) is 5.26. The Morgan fingerprint density at radius 2 is 2.31 bits per heavy atom. The van der Waals surface area contributed by atoms with E-state index < -0.39 is 11.9 Å². The Hall–Kier alpha value is -1.60. The molecule has 16 heavy (non-hydrogen) atoms. The van der Waals surface area contributed by atoms with Crippen LogP contribution in [-0.4, -0.2) is 6.61 Å². The summed E-state index contributed by atoms with van der Waals surface area (Å²) in [5.41, 5.74) is 5.96. The third-order valence-corrected chi connectivity index (χ3v) is 2.20. The Kier molecular flexibility index (Phi) is 4.74. The van der Waals surface area contributed by atoms with Gasteiger partial charge < -0.3 is 10.5 Å². The highest BCUT2D eigenvalue weighted by atomic mass is 19.1. The molecular formula is C12H15FN2O.